The lowest BCUT2D eigenvalue weighted by atomic mass is 10.1. The highest BCUT2D eigenvalue weighted by Crippen LogP contribution is 2.14. The molecule has 0 bridgehead atoms. The first-order chi connectivity index (χ1) is 13.5. The summed E-state index contributed by atoms with van der Waals surface area (Å²) in [6.45, 7) is 3.77. The van der Waals surface area contributed by atoms with Crippen molar-refractivity contribution in [2.24, 2.45) is 5.73 Å². The highest BCUT2D eigenvalue weighted by Gasteiger charge is 2.21. The van der Waals surface area contributed by atoms with E-state index >= 15 is 0 Å². The van der Waals surface area contributed by atoms with Crippen molar-refractivity contribution in [1.29, 1.82) is 0 Å². The van der Waals surface area contributed by atoms with Crippen molar-refractivity contribution >= 4 is 17.5 Å². The maximum absolute atomic E-state index is 12.8. The third kappa shape index (κ3) is 5.44. The maximum atomic E-state index is 12.8. The molecule has 0 radical (unpaired) electrons. The number of halogens is 1. The number of carbonyl (C=O) groups excluding carboxylic acids is 1. The van der Waals surface area contributed by atoms with Gasteiger partial charge < -0.3 is 15.2 Å². The number of imidazole rings is 1. The summed E-state index contributed by atoms with van der Waals surface area (Å²) in [5, 5.41) is 0.661. The van der Waals surface area contributed by atoms with Crippen molar-refractivity contribution in [2.45, 2.75) is 32.5 Å². The Bertz CT molecular complexity index is 910. The minimum absolute atomic E-state index is 0.0833. The fraction of sp³-hybridized carbons (Fsp3) is 0.273. The first-order valence-electron chi connectivity index (χ1n) is 9.38. The van der Waals surface area contributed by atoms with E-state index < -0.39 is 6.04 Å². The van der Waals surface area contributed by atoms with Gasteiger partial charge in [-0.15, -0.1) is 0 Å². The third-order valence-corrected chi connectivity index (χ3v) is 4.83. The monoisotopic (exact) mass is 396 g/mol. The molecule has 0 saturated heterocycles. The molecule has 0 aliphatic rings. The van der Waals surface area contributed by atoms with E-state index in [9.17, 15) is 4.79 Å². The van der Waals surface area contributed by atoms with Gasteiger partial charge in [0, 0.05) is 37.3 Å². The van der Waals surface area contributed by atoms with E-state index in [2.05, 4.69) is 17.1 Å². The molecule has 3 rings (SSSR count). The summed E-state index contributed by atoms with van der Waals surface area (Å²) in [6, 6.07) is 17.1. The van der Waals surface area contributed by atoms with Gasteiger partial charge in [-0.2, -0.15) is 0 Å². The van der Waals surface area contributed by atoms with Gasteiger partial charge in [-0.1, -0.05) is 54.1 Å². The smallest absolute Gasteiger partial charge is 0.240 e. The van der Waals surface area contributed by atoms with E-state index in [0.717, 1.165) is 17.8 Å². The first-order valence-corrected chi connectivity index (χ1v) is 9.76. The molecule has 0 unspecified atom stereocenters. The third-order valence-electron chi connectivity index (χ3n) is 4.60. The number of benzene rings is 2. The molecule has 0 spiro atoms. The molecule has 146 valence electrons. The molecule has 1 aromatic heterocycles. The van der Waals surface area contributed by atoms with E-state index in [0.29, 0.717) is 24.5 Å². The largest absolute Gasteiger partial charge is 0.337 e. The fourth-order valence-electron chi connectivity index (χ4n) is 3.14. The van der Waals surface area contributed by atoms with Crippen LogP contribution in [0.15, 0.2) is 67.1 Å². The molecule has 1 heterocycles. The lowest BCUT2D eigenvalue weighted by Crippen LogP contribution is -2.44. The molecular weight excluding hydrogens is 372 g/mol. The van der Waals surface area contributed by atoms with E-state index in [1.54, 1.807) is 11.2 Å². The van der Waals surface area contributed by atoms with E-state index in [-0.39, 0.29) is 5.91 Å². The molecule has 5 nitrogen and oxygen atoms in total. The van der Waals surface area contributed by atoms with Gasteiger partial charge in [-0.25, -0.2) is 4.98 Å². The molecule has 0 aliphatic carbocycles. The molecule has 3 aromatic rings. The zero-order chi connectivity index (χ0) is 19.9. The predicted octanol–water partition coefficient (Wildman–Crippen LogP) is 3.50. The number of amides is 1. The summed E-state index contributed by atoms with van der Waals surface area (Å²) < 4.78 is 2.01. The number of nitrogens with zero attached hydrogens (tertiary/aromatic N) is 3. The second-order valence-corrected chi connectivity index (χ2v) is 7.25. The predicted molar refractivity (Wildman–Crippen MR) is 112 cm³/mol. The number of hydrogen-bond donors (Lipinski definition) is 1. The van der Waals surface area contributed by atoms with Gasteiger partial charge in [0.15, 0.2) is 0 Å². The van der Waals surface area contributed by atoms with Gasteiger partial charge in [-0.3, -0.25) is 4.79 Å². The van der Waals surface area contributed by atoms with E-state index in [1.165, 1.54) is 5.56 Å². The molecular formula is C22H25ClN4O. The SMILES string of the molecule is CCN(Cc1cccc(Cl)c1)C(=O)[C@@H](N)Cc1cn(Cc2ccccc2)cn1. The molecule has 0 aliphatic heterocycles. The van der Waals surface area contributed by atoms with Crippen LogP contribution in [0, 0.1) is 0 Å². The van der Waals surface area contributed by atoms with Crippen molar-refractivity contribution in [1.82, 2.24) is 14.5 Å². The summed E-state index contributed by atoms with van der Waals surface area (Å²) >= 11 is 6.04. The molecule has 0 fully saturated rings. The standard InChI is InChI=1S/C22H25ClN4O/c1-2-27(14-18-9-6-10-19(23)11-18)22(28)21(24)12-20-15-26(16-25-20)13-17-7-4-3-5-8-17/h3-11,15-16,21H,2,12-14,24H2,1H3/t21-/m0/s1. The maximum Gasteiger partial charge on any atom is 0.240 e. The Morgan fingerprint density at radius 3 is 2.64 bits per heavy atom. The van der Waals surface area contributed by atoms with Crippen LogP contribution in [-0.4, -0.2) is 32.9 Å². The minimum Gasteiger partial charge on any atom is -0.337 e. The van der Waals surface area contributed by atoms with Crippen LogP contribution in [0.4, 0.5) is 0 Å². The number of aromatic nitrogens is 2. The Labute approximate surface area is 170 Å². The average molecular weight is 397 g/mol. The number of likely N-dealkylation sites (N-methyl/N-ethyl adjacent to an activating group) is 1. The molecule has 1 atom stereocenters. The van der Waals surface area contributed by atoms with Crippen molar-refractivity contribution in [3.05, 3.63) is 89.0 Å². The normalized spacial score (nSPS) is 12.0. The second-order valence-electron chi connectivity index (χ2n) is 6.82. The molecule has 2 N–H and O–H groups in total. The van der Waals surface area contributed by atoms with Gasteiger partial charge in [-0.05, 0) is 30.2 Å². The number of nitrogens with two attached hydrogens (primary N) is 1. The van der Waals surface area contributed by atoms with Crippen LogP contribution in [0.1, 0.15) is 23.7 Å². The van der Waals surface area contributed by atoms with Crippen molar-refractivity contribution < 1.29 is 4.79 Å². The van der Waals surface area contributed by atoms with Gasteiger partial charge in [0.1, 0.15) is 0 Å². The quantitative estimate of drug-likeness (QED) is 0.633. The van der Waals surface area contributed by atoms with Gasteiger partial charge in [0.05, 0.1) is 18.1 Å². The van der Waals surface area contributed by atoms with Crippen LogP contribution < -0.4 is 5.73 Å². The number of hydrogen-bond acceptors (Lipinski definition) is 3. The van der Waals surface area contributed by atoms with Gasteiger partial charge in [0.25, 0.3) is 0 Å². The summed E-state index contributed by atoms with van der Waals surface area (Å²) in [5.41, 5.74) is 9.21. The lowest BCUT2D eigenvalue weighted by molar-refractivity contribution is -0.133. The summed E-state index contributed by atoms with van der Waals surface area (Å²) in [4.78, 5) is 19.0. The Morgan fingerprint density at radius 2 is 1.93 bits per heavy atom. The number of carbonyl (C=O) groups is 1. The van der Waals surface area contributed by atoms with Crippen molar-refractivity contribution in [3.8, 4) is 0 Å². The fourth-order valence-corrected chi connectivity index (χ4v) is 3.35. The Balaban J connectivity index is 1.60. The Kier molecular flexibility index (Phi) is 6.85. The minimum atomic E-state index is -0.626. The summed E-state index contributed by atoms with van der Waals surface area (Å²) in [6.07, 6.45) is 4.14. The van der Waals surface area contributed by atoms with Crippen molar-refractivity contribution in [3.63, 3.8) is 0 Å². The van der Waals surface area contributed by atoms with Crippen LogP contribution in [0.3, 0.4) is 0 Å². The zero-order valence-electron chi connectivity index (χ0n) is 16.0. The highest BCUT2D eigenvalue weighted by molar-refractivity contribution is 6.30. The Morgan fingerprint density at radius 1 is 1.18 bits per heavy atom. The van der Waals surface area contributed by atoms with Crippen LogP contribution in [0.5, 0.6) is 0 Å². The molecule has 28 heavy (non-hydrogen) atoms. The average Bonchev–Trinajstić information content (AvgIpc) is 3.13. The zero-order valence-corrected chi connectivity index (χ0v) is 16.7. The van der Waals surface area contributed by atoms with Crippen LogP contribution in [-0.2, 0) is 24.3 Å². The molecule has 2 aromatic carbocycles. The molecule has 6 heteroatoms. The van der Waals surface area contributed by atoms with Gasteiger partial charge in [0.2, 0.25) is 5.91 Å². The first kappa shape index (κ1) is 20.1. The van der Waals surface area contributed by atoms with Crippen molar-refractivity contribution in [2.75, 3.05) is 6.54 Å². The second kappa shape index (κ2) is 9.53. The van der Waals surface area contributed by atoms with Crippen LogP contribution in [0.25, 0.3) is 0 Å². The Hall–Kier alpha value is -2.63. The highest BCUT2D eigenvalue weighted by atomic mass is 35.5. The van der Waals surface area contributed by atoms with Crippen LogP contribution >= 0.6 is 11.6 Å². The van der Waals surface area contributed by atoms with E-state index in [1.807, 2.05) is 60.2 Å². The molecule has 1 amide bonds. The summed E-state index contributed by atoms with van der Waals surface area (Å²) in [5.74, 6) is -0.0833. The van der Waals surface area contributed by atoms with Crippen LogP contribution in [0.2, 0.25) is 5.02 Å². The summed E-state index contributed by atoms with van der Waals surface area (Å²) in [7, 11) is 0. The van der Waals surface area contributed by atoms with Gasteiger partial charge >= 0.3 is 0 Å². The topological polar surface area (TPSA) is 64.2 Å². The molecule has 0 saturated carbocycles. The number of rotatable bonds is 8. The van der Waals surface area contributed by atoms with E-state index in [4.69, 9.17) is 17.3 Å². The lowest BCUT2D eigenvalue weighted by Gasteiger charge is -2.24.